The molecule has 0 spiro atoms. The molecule has 1 aromatic rings. The quantitative estimate of drug-likeness (QED) is 0.820. The molecule has 0 saturated heterocycles. The molecule has 0 aliphatic heterocycles. The Balaban J connectivity index is 2.73. The molecule has 0 amide bonds. The van der Waals surface area contributed by atoms with Crippen LogP contribution in [0.25, 0.3) is 0 Å². The summed E-state index contributed by atoms with van der Waals surface area (Å²) in [4.78, 5) is 15.8. The average Bonchev–Trinajstić information content (AvgIpc) is 2.34. The number of hydrogen-bond donors (Lipinski definition) is 1. The van der Waals surface area contributed by atoms with Crippen LogP contribution in [-0.4, -0.2) is 10.8 Å². The van der Waals surface area contributed by atoms with Gasteiger partial charge < -0.3 is 5.32 Å². The topological polar surface area (TPSA) is 42.0 Å². The molecule has 0 aromatic carbocycles. The van der Waals surface area contributed by atoms with Gasteiger partial charge in [-0.05, 0) is 30.5 Å². The fourth-order valence-electron chi connectivity index (χ4n) is 1.55. The van der Waals surface area contributed by atoms with Crippen molar-refractivity contribution < 1.29 is 4.79 Å². The lowest BCUT2D eigenvalue weighted by Gasteiger charge is -2.11. The van der Waals surface area contributed by atoms with Crippen LogP contribution in [0.2, 0.25) is 0 Å². The molecule has 0 saturated carbocycles. The predicted molar refractivity (Wildman–Crippen MR) is 77.1 cm³/mol. The normalized spacial score (nSPS) is 11.7. The Morgan fingerprint density at radius 2 is 2.17 bits per heavy atom. The summed E-state index contributed by atoms with van der Waals surface area (Å²) in [7, 11) is 0. The van der Waals surface area contributed by atoms with Gasteiger partial charge in [0, 0.05) is 23.9 Å². The molecule has 1 aromatic heterocycles. The summed E-state index contributed by atoms with van der Waals surface area (Å²) >= 11 is 3.29. The molecule has 0 unspecified atom stereocenters. The maximum atomic E-state index is 11.6. The minimum atomic E-state index is 0.0571. The molecular formula is C14H17BrN2O. The molecule has 0 atom stereocenters. The lowest BCUT2D eigenvalue weighted by atomic mass is 10.1. The van der Waals surface area contributed by atoms with Crippen molar-refractivity contribution in [3.8, 4) is 0 Å². The van der Waals surface area contributed by atoms with Gasteiger partial charge in [-0.3, -0.25) is 9.78 Å². The predicted octanol–water partition coefficient (Wildman–Crippen LogP) is 3.33. The minimum Gasteiger partial charge on any atom is -0.383 e. The number of aromatic nitrogens is 1. The highest BCUT2D eigenvalue weighted by Gasteiger charge is 2.09. The van der Waals surface area contributed by atoms with Gasteiger partial charge in [-0.25, -0.2) is 0 Å². The van der Waals surface area contributed by atoms with Crippen molar-refractivity contribution in [3.05, 3.63) is 52.4 Å². The average molecular weight is 309 g/mol. The van der Waals surface area contributed by atoms with Crippen LogP contribution < -0.4 is 5.32 Å². The van der Waals surface area contributed by atoms with Crippen LogP contribution in [0.3, 0.4) is 0 Å². The Morgan fingerprint density at radius 1 is 1.44 bits per heavy atom. The van der Waals surface area contributed by atoms with Crippen LogP contribution in [0.4, 0.5) is 0 Å². The summed E-state index contributed by atoms with van der Waals surface area (Å²) in [5.74, 6) is 0.0571. The van der Waals surface area contributed by atoms with Crippen molar-refractivity contribution >= 4 is 21.7 Å². The van der Waals surface area contributed by atoms with Crippen LogP contribution >= 0.6 is 15.9 Å². The van der Waals surface area contributed by atoms with Gasteiger partial charge in [0.25, 0.3) is 0 Å². The maximum absolute atomic E-state index is 11.6. The summed E-state index contributed by atoms with van der Waals surface area (Å²) in [5.41, 5.74) is 2.55. The number of hydrogen-bond acceptors (Lipinski definition) is 3. The van der Waals surface area contributed by atoms with Crippen molar-refractivity contribution in [2.45, 2.75) is 26.8 Å². The zero-order chi connectivity index (χ0) is 13.5. The summed E-state index contributed by atoms with van der Waals surface area (Å²) < 4.78 is 0.798. The number of carbonyl (C=O) groups excluding carboxylic acids is 1. The SMILES string of the molecule is C=C(Br)C/C(C(C)=O)=C(/C)NCc1ccccn1. The summed E-state index contributed by atoms with van der Waals surface area (Å²) in [6.45, 7) is 7.84. The fourth-order valence-corrected chi connectivity index (χ4v) is 1.83. The standard InChI is InChI=1S/C14H17BrN2O/c1-10(15)8-14(12(3)18)11(2)17-9-13-6-4-5-7-16-13/h4-7,17H,1,8-9H2,2-3H3/b14-11+. The van der Waals surface area contributed by atoms with Gasteiger partial charge in [-0.15, -0.1) is 0 Å². The van der Waals surface area contributed by atoms with Gasteiger partial charge in [0.15, 0.2) is 5.78 Å². The van der Waals surface area contributed by atoms with E-state index in [0.717, 1.165) is 21.4 Å². The lowest BCUT2D eigenvalue weighted by Crippen LogP contribution is -2.16. The number of Topliss-reactive ketones (excluding diaryl/α,β-unsaturated/α-hetero) is 1. The molecule has 3 nitrogen and oxygen atoms in total. The third kappa shape index (κ3) is 4.84. The first kappa shape index (κ1) is 14.6. The number of allylic oxidation sites excluding steroid dienone is 3. The van der Waals surface area contributed by atoms with E-state index in [4.69, 9.17) is 0 Å². The van der Waals surface area contributed by atoms with Crippen molar-refractivity contribution in [1.82, 2.24) is 10.3 Å². The number of pyridine rings is 1. The Labute approximate surface area is 116 Å². The van der Waals surface area contributed by atoms with E-state index in [1.807, 2.05) is 25.1 Å². The second-order valence-corrected chi connectivity index (χ2v) is 5.15. The summed E-state index contributed by atoms with van der Waals surface area (Å²) in [5, 5.41) is 3.22. The van der Waals surface area contributed by atoms with E-state index < -0.39 is 0 Å². The molecule has 0 bridgehead atoms. The van der Waals surface area contributed by atoms with E-state index in [1.54, 1.807) is 13.1 Å². The number of halogens is 1. The first-order valence-corrected chi connectivity index (χ1v) is 6.47. The molecule has 1 N–H and O–H groups in total. The lowest BCUT2D eigenvalue weighted by molar-refractivity contribution is -0.113. The molecular weight excluding hydrogens is 292 g/mol. The number of nitrogens with one attached hydrogen (secondary N) is 1. The first-order chi connectivity index (χ1) is 8.50. The van der Waals surface area contributed by atoms with E-state index in [1.165, 1.54) is 0 Å². The Morgan fingerprint density at radius 3 is 2.67 bits per heavy atom. The van der Waals surface area contributed by atoms with Gasteiger partial charge in [0.2, 0.25) is 0 Å². The molecule has 18 heavy (non-hydrogen) atoms. The number of rotatable bonds is 6. The van der Waals surface area contributed by atoms with E-state index in [-0.39, 0.29) is 5.78 Å². The highest BCUT2D eigenvalue weighted by molar-refractivity contribution is 9.11. The van der Waals surface area contributed by atoms with Gasteiger partial charge in [-0.2, -0.15) is 0 Å². The zero-order valence-electron chi connectivity index (χ0n) is 10.7. The van der Waals surface area contributed by atoms with Crippen molar-refractivity contribution in [1.29, 1.82) is 0 Å². The Kier molecular flexibility index (Phi) is 5.78. The first-order valence-electron chi connectivity index (χ1n) is 5.68. The summed E-state index contributed by atoms with van der Waals surface area (Å²) in [6, 6.07) is 5.76. The maximum Gasteiger partial charge on any atom is 0.157 e. The van der Waals surface area contributed by atoms with E-state index in [2.05, 4.69) is 32.8 Å². The molecule has 96 valence electrons. The highest BCUT2D eigenvalue weighted by atomic mass is 79.9. The number of carbonyl (C=O) groups is 1. The summed E-state index contributed by atoms with van der Waals surface area (Å²) in [6.07, 6.45) is 2.29. The number of ketones is 1. The van der Waals surface area contributed by atoms with E-state index in [9.17, 15) is 4.79 Å². The Hall–Kier alpha value is -1.42. The second-order valence-electron chi connectivity index (χ2n) is 4.03. The Bertz CT molecular complexity index is 466. The molecule has 0 aliphatic carbocycles. The van der Waals surface area contributed by atoms with Crippen LogP contribution in [0.15, 0.2) is 46.7 Å². The van der Waals surface area contributed by atoms with Gasteiger partial charge in [0.1, 0.15) is 0 Å². The van der Waals surface area contributed by atoms with Gasteiger partial charge >= 0.3 is 0 Å². The minimum absolute atomic E-state index is 0.0571. The monoisotopic (exact) mass is 308 g/mol. The molecule has 4 heteroatoms. The molecule has 0 fully saturated rings. The fraction of sp³-hybridized carbons (Fsp3) is 0.286. The third-order valence-electron chi connectivity index (χ3n) is 2.51. The van der Waals surface area contributed by atoms with Crippen LogP contribution in [0, 0.1) is 0 Å². The molecule has 0 aliphatic rings. The second kappa shape index (κ2) is 7.11. The van der Waals surface area contributed by atoms with Crippen molar-refractivity contribution in [2.24, 2.45) is 0 Å². The van der Waals surface area contributed by atoms with Crippen LogP contribution in [0.5, 0.6) is 0 Å². The van der Waals surface area contributed by atoms with Crippen LogP contribution in [0.1, 0.15) is 26.0 Å². The van der Waals surface area contributed by atoms with E-state index in [0.29, 0.717) is 13.0 Å². The molecule has 1 heterocycles. The largest absolute Gasteiger partial charge is 0.383 e. The molecule has 1 rings (SSSR count). The number of nitrogens with zero attached hydrogens (tertiary/aromatic N) is 1. The van der Waals surface area contributed by atoms with E-state index >= 15 is 0 Å². The zero-order valence-corrected chi connectivity index (χ0v) is 12.3. The van der Waals surface area contributed by atoms with Gasteiger partial charge in [-0.1, -0.05) is 28.6 Å². The van der Waals surface area contributed by atoms with Crippen molar-refractivity contribution in [2.75, 3.05) is 0 Å². The smallest absolute Gasteiger partial charge is 0.157 e. The third-order valence-corrected chi connectivity index (χ3v) is 2.79. The molecule has 0 radical (unpaired) electrons. The highest BCUT2D eigenvalue weighted by Crippen LogP contribution is 2.18. The van der Waals surface area contributed by atoms with Crippen LogP contribution in [-0.2, 0) is 11.3 Å². The van der Waals surface area contributed by atoms with Gasteiger partial charge in [0.05, 0.1) is 12.2 Å². The van der Waals surface area contributed by atoms with Crippen molar-refractivity contribution in [3.63, 3.8) is 0 Å².